The predicted octanol–water partition coefficient (Wildman–Crippen LogP) is 2.57. The van der Waals surface area contributed by atoms with Crippen molar-refractivity contribution in [3.8, 4) is 5.75 Å². The quantitative estimate of drug-likeness (QED) is 0.870. The van der Waals surface area contributed by atoms with Crippen molar-refractivity contribution in [1.82, 2.24) is 0 Å². The number of methoxy groups -OCH3 is 1. The molecule has 1 fully saturated rings. The van der Waals surface area contributed by atoms with Crippen LogP contribution in [-0.4, -0.2) is 31.4 Å². The van der Waals surface area contributed by atoms with Gasteiger partial charge in [0.15, 0.2) is 0 Å². The molecule has 3 heteroatoms. The Hall–Kier alpha value is -1.22. The molecule has 1 aromatic carbocycles. The van der Waals surface area contributed by atoms with Crippen LogP contribution in [0.3, 0.4) is 0 Å². The van der Waals surface area contributed by atoms with E-state index < -0.39 is 0 Å². The molecule has 1 saturated heterocycles. The molecule has 0 aliphatic carbocycles. The van der Waals surface area contributed by atoms with Crippen LogP contribution in [0.1, 0.15) is 25.3 Å². The number of phenols is 1. The van der Waals surface area contributed by atoms with Gasteiger partial charge in [0.05, 0.1) is 12.6 Å². The summed E-state index contributed by atoms with van der Waals surface area (Å²) in [5.74, 6) is 0.410. The largest absolute Gasteiger partial charge is 0.508 e. The first-order valence-corrected chi connectivity index (χ1v) is 6.33. The summed E-state index contributed by atoms with van der Waals surface area (Å²) in [5, 5.41) is 9.91. The summed E-state index contributed by atoms with van der Waals surface area (Å²) in [7, 11) is 1.74. The first-order chi connectivity index (χ1) is 8.26. The average Bonchev–Trinajstić information content (AvgIpc) is 2.78. The van der Waals surface area contributed by atoms with E-state index in [-0.39, 0.29) is 0 Å². The highest BCUT2D eigenvalue weighted by atomic mass is 16.5. The van der Waals surface area contributed by atoms with E-state index >= 15 is 0 Å². The average molecular weight is 235 g/mol. The molecule has 3 nitrogen and oxygen atoms in total. The van der Waals surface area contributed by atoms with Crippen molar-refractivity contribution in [1.29, 1.82) is 0 Å². The Morgan fingerprint density at radius 3 is 2.94 bits per heavy atom. The predicted molar refractivity (Wildman–Crippen MR) is 69.7 cm³/mol. The molecule has 0 saturated carbocycles. The molecular formula is C14H21NO2. The molecule has 1 N–H and O–H groups in total. The zero-order chi connectivity index (χ0) is 12.3. The van der Waals surface area contributed by atoms with E-state index in [0.717, 1.165) is 30.8 Å². The number of hydrogen-bond donors (Lipinski definition) is 1. The molecule has 1 aliphatic rings. The lowest BCUT2D eigenvalue weighted by molar-refractivity contribution is 0.181. The number of aromatic hydroxyl groups is 1. The minimum absolute atomic E-state index is 0.410. The van der Waals surface area contributed by atoms with Crippen molar-refractivity contribution in [3.05, 3.63) is 23.8 Å². The van der Waals surface area contributed by atoms with Crippen LogP contribution in [0.15, 0.2) is 18.2 Å². The second-order valence-corrected chi connectivity index (χ2v) is 4.61. The highest BCUT2D eigenvalue weighted by molar-refractivity contribution is 5.54. The molecule has 0 amide bonds. The van der Waals surface area contributed by atoms with Gasteiger partial charge in [-0.05, 0) is 30.9 Å². The fraction of sp³-hybridized carbons (Fsp3) is 0.571. The van der Waals surface area contributed by atoms with Gasteiger partial charge >= 0.3 is 0 Å². The third-order valence-electron chi connectivity index (χ3n) is 3.52. The van der Waals surface area contributed by atoms with E-state index in [1.807, 2.05) is 12.1 Å². The van der Waals surface area contributed by atoms with Gasteiger partial charge in [-0.3, -0.25) is 0 Å². The number of benzene rings is 1. The van der Waals surface area contributed by atoms with Gasteiger partial charge in [-0.2, -0.15) is 0 Å². The van der Waals surface area contributed by atoms with E-state index in [1.165, 1.54) is 12.8 Å². The van der Waals surface area contributed by atoms with Crippen LogP contribution in [0.2, 0.25) is 0 Å². The normalized spacial score (nSPS) is 19.9. The van der Waals surface area contributed by atoms with E-state index in [2.05, 4.69) is 17.9 Å². The van der Waals surface area contributed by atoms with Crippen molar-refractivity contribution in [3.63, 3.8) is 0 Å². The van der Waals surface area contributed by atoms with Crippen LogP contribution in [0.4, 0.5) is 5.69 Å². The Morgan fingerprint density at radius 1 is 1.47 bits per heavy atom. The van der Waals surface area contributed by atoms with Crippen LogP contribution >= 0.6 is 0 Å². The van der Waals surface area contributed by atoms with Crippen LogP contribution in [0.5, 0.6) is 5.75 Å². The molecule has 94 valence electrons. The number of hydrogen-bond acceptors (Lipinski definition) is 3. The minimum Gasteiger partial charge on any atom is -0.508 e. The van der Waals surface area contributed by atoms with Crippen LogP contribution in [0.25, 0.3) is 0 Å². The van der Waals surface area contributed by atoms with Crippen LogP contribution < -0.4 is 4.90 Å². The van der Waals surface area contributed by atoms with Gasteiger partial charge in [0.25, 0.3) is 0 Å². The first kappa shape index (κ1) is 12.2. The maximum atomic E-state index is 9.91. The lowest BCUT2D eigenvalue weighted by Crippen LogP contribution is -2.32. The molecular weight excluding hydrogens is 214 g/mol. The van der Waals surface area contributed by atoms with Crippen LogP contribution in [0, 0.1) is 0 Å². The fourth-order valence-electron chi connectivity index (χ4n) is 2.57. The SMILES string of the molecule is CCc1ccc(N2CCCC2COC)cc1O. The summed E-state index contributed by atoms with van der Waals surface area (Å²) in [6.07, 6.45) is 3.24. The Labute approximate surface area is 103 Å². The number of ether oxygens (including phenoxy) is 1. The lowest BCUT2D eigenvalue weighted by atomic mass is 10.1. The maximum absolute atomic E-state index is 9.91. The van der Waals surface area contributed by atoms with Crippen molar-refractivity contribution < 1.29 is 9.84 Å². The topological polar surface area (TPSA) is 32.7 Å². The molecule has 0 radical (unpaired) electrons. The number of aryl methyl sites for hydroxylation is 1. The summed E-state index contributed by atoms with van der Waals surface area (Å²) in [4.78, 5) is 2.34. The molecule has 1 aliphatic heterocycles. The maximum Gasteiger partial charge on any atom is 0.120 e. The summed E-state index contributed by atoms with van der Waals surface area (Å²) in [6.45, 7) is 3.87. The zero-order valence-electron chi connectivity index (χ0n) is 10.6. The molecule has 0 bridgehead atoms. The van der Waals surface area contributed by atoms with Gasteiger partial charge in [0.1, 0.15) is 5.75 Å². The third kappa shape index (κ3) is 2.55. The number of anilines is 1. The van der Waals surface area contributed by atoms with Crippen molar-refractivity contribution in [2.45, 2.75) is 32.2 Å². The van der Waals surface area contributed by atoms with E-state index in [0.29, 0.717) is 11.8 Å². The van der Waals surface area contributed by atoms with E-state index in [9.17, 15) is 5.11 Å². The number of nitrogens with zero attached hydrogens (tertiary/aromatic N) is 1. The zero-order valence-corrected chi connectivity index (χ0v) is 10.6. The lowest BCUT2D eigenvalue weighted by Gasteiger charge is -2.26. The monoisotopic (exact) mass is 235 g/mol. The summed E-state index contributed by atoms with van der Waals surface area (Å²) >= 11 is 0. The van der Waals surface area contributed by atoms with Gasteiger partial charge < -0.3 is 14.7 Å². The van der Waals surface area contributed by atoms with Crippen molar-refractivity contribution in [2.24, 2.45) is 0 Å². The standard InChI is InChI=1S/C14H21NO2/c1-3-11-6-7-12(9-14(11)16)15-8-4-5-13(15)10-17-2/h6-7,9,13,16H,3-5,8,10H2,1-2H3. The smallest absolute Gasteiger partial charge is 0.120 e. The molecule has 2 rings (SSSR count). The molecule has 1 atom stereocenters. The van der Waals surface area contributed by atoms with Gasteiger partial charge in [-0.25, -0.2) is 0 Å². The highest BCUT2D eigenvalue weighted by Gasteiger charge is 2.24. The molecule has 1 unspecified atom stereocenters. The van der Waals surface area contributed by atoms with E-state index in [4.69, 9.17) is 4.74 Å². The first-order valence-electron chi connectivity index (χ1n) is 6.33. The Kier molecular flexibility index (Phi) is 3.89. The fourth-order valence-corrected chi connectivity index (χ4v) is 2.57. The summed E-state index contributed by atoms with van der Waals surface area (Å²) in [6, 6.07) is 6.46. The third-order valence-corrected chi connectivity index (χ3v) is 3.52. The number of phenolic OH excluding ortho intramolecular Hbond substituents is 1. The molecule has 17 heavy (non-hydrogen) atoms. The molecule has 0 spiro atoms. The van der Waals surface area contributed by atoms with E-state index in [1.54, 1.807) is 7.11 Å². The molecule has 0 aromatic heterocycles. The van der Waals surface area contributed by atoms with Gasteiger partial charge in [0.2, 0.25) is 0 Å². The van der Waals surface area contributed by atoms with Crippen molar-refractivity contribution >= 4 is 5.69 Å². The molecule has 1 aromatic rings. The summed E-state index contributed by atoms with van der Waals surface area (Å²) < 4.78 is 5.25. The second-order valence-electron chi connectivity index (χ2n) is 4.61. The summed E-state index contributed by atoms with van der Waals surface area (Å²) in [5.41, 5.74) is 2.12. The van der Waals surface area contributed by atoms with Crippen LogP contribution in [-0.2, 0) is 11.2 Å². The molecule has 1 heterocycles. The highest BCUT2D eigenvalue weighted by Crippen LogP contribution is 2.30. The second kappa shape index (κ2) is 5.41. The van der Waals surface area contributed by atoms with Gasteiger partial charge in [-0.15, -0.1) is 0 Å². The van der Waals surface area contributed by atoms with Gasteiger partial charge in [-0.1, -0.05) is 13.0 Å². The minimum atomic E-state index is 0.410. The van der Waals surface area contributed by atoms with Crippen molar-refractivity contribution in [2.75, 3.05) is 25.2 Å². The Balaban J connectivity index is 2.18. The Morgan fingerprint density at radius 2 is 2.29 bits per heavy atom. The van der Waals surface area contributed by atoms with Gasteiger partial charge in [0, 0.05) is 25.4 Å². The Bertz CT molecular complexity index is 378. The number of rotatable bonds is 4.